The van der Waals surface area contributed by atoms with Gasteiger partial charge in [-0.15, -0.1) is 0 Å². The van der Waals surface area contributed by atoms with Crippen molar-refractivity contribution in [3.8, 4) is 23.2 Å². The number of hydrogen-bond donors (Lipinski definition) is 1. The third-order valence-corrected chi connectivity index (χ3v) is 10.7. The van der Waals surface area contributed by atoms with Crippen molar-refractivity contribution in [2.45, 2.75) is 63.6 Å². The minimum absolute atomic E-state index is 0.0869. The molecule has 2 aromatic heterocycles. The summed E-state index contributed by atoms with van der Waals surface area (Å²) in [5.41, 5.74) is -2.51. The van der Waals surface area contributed by atoms with E-state index in [-0.39, 0.29) is 45.7 Å². The minimum atomic E-state index is -3.10. The quantitative estimate of drug-likeness (QED) is 0.234. The maximum Gasteiger partial charge on any atom is 0.319 e. The number of aromatic nitrogens is 4. The second-order valence-electron chi connectivity index (χ2n) is 13.5. The Morgan fingerprint density at radius 3 is 2.65 bits per heavy atom. The zero-order chi connectivity index (χ0) is 31.9. The molecule has 8 rings (SSSR count). The topological polar surface area (TPSA) is 94.0 Å². The molecule has 3 aliphatic heterocycles. The molecule has 46 heavy (non-hydrogen) atoms. The highest BCUT2D eigenvalue weighted by Gasteiger charge is 2.49. The zero-order valence-electron chi connectivity index (χ0n) is 25.2. The van der Waals surface area contributed by atoms with Crippen molar-refractivity contribution in [1.82, 2.24) is 25.1 Å². The Morgan fingerprint density at radius 2 is 1.91 bits per heavy atom. The van der Waals surface area contributed by atoms with Gasteiger partial charge in [0, 0.05) is 48.0 Å². The van der Waals surface area contributed by atoms with Crippen LogP contribution in [0.25, 0.3) is 32.9 Å². The highest BCUT2D eigenvalue weighted by atomic mass is 19.3. The third-order valence-electron chi connectivity index (χ3n) is 10.7. The van der Waals surface area contributed by atoms with Crippen LogP contribution in [0.3, 0.4) is 0 Å². The Hall–Kier alpha value is -4.05. The van der Waals surface area contributed by atoms with E-state index in [1.54, 1.807) is 0 Å². The number of H-pyrrole nitrogens is 1. The molecule has 8 nitrogen and oxygen atoms in total. The molecule has 5 heterocycles. The van der Waals surface area contributed by atoms with Crippen molar-refractivity contribution in [3.05, 3.63) is 40.6 Å². The lowest BCUT2D eigenvalue weighted by Gasteiger charge is -2.34. The van der Waals surface area contributed by atoms with E-state index in [0.717, 1.165) is 44.7 Å². The maximum absolute atomic E-state index is 16.9. The number of nitrogens with one attached hydrogen (secondary N) is 1. The van der Waals surface area contributed by atoms with Crippen molar-refractivity contribution in [3.63, 3.8) is 0 Å². The van der Waals surface area contributed by atoms with Crippen LogP contribution < -0.4 is 9.64 Å². The molecule has 1 aliphatic carbocycles. The van der Waals surface area contributed by atoms with Crippen LogP contribution in [0.15, 0.2) is 12.1 Å². The first kappa shape index (κ1) is 29.4. The Bertz CT molecular complexity index is 1910. The molecule has 4 fully saturated rings. The van der Waals surface area contributed by atoms with Crippen LogP contribution in [0.5, 0.6) is 6.01 Å². The zero-order valence-corrected chi connectivity index (χ0v) is 25.2. The second kappa shape index (κ2) is 10.8. The summed E-state index contributed by atoms with van der Waals surface area (Å²) < 4.78 is 83.1. The van der Waals surface area contributed by atoms with Crippen LogP contribution in [-0.2, 0) is 0 Å². The van der Waals surface area contributed by atoms with Gasteiger partial charge in [0.1, 0.15) is 36.0 Å². The van der Waals surface area contributed by atoms with Gasteiger partial charge in [0.05, 0.1) is 16.6 Å². The Kier molecular flexibility index (Phi) is 6.86. The number of benzene rings is 2. The summed E-state index contributed by atoms with van der Waals surface area (Å²) in [6, 6.07) is 4.20. The molecule has 2 unspecified atom stereocenters. The normalized spacial score (nSPS) is 26.0. The van der Waals surface area contributed by atoms with Crippen LogP contribution in [0.4, 0.5) is 27.8 Å². The standard InChI is InChI=1S/C33H32F5N7O/c1-16-7-22-26(23(11-39)43-42-22)27(24(16)30(37)38)25-21(35)9-20-29(28(25)36)40-32(41-31(20)44-12-17-3-4-18(8-17)13-44)46-15-33-5-2-6-45(33)14-19(34)10-33/h7,9,17-19,30H,2-6,8,10,12-15H2,1H3,(H,42,43)/t17?,18?,19-,33+/m1/s1. The lowest BCUT2D eigenvalue weighted by atomic mass is 9.90. The van der Waals surface area contributed by atoms with E-state index in [1.165, 1.54) is 13.0 Å². The molecule has 0 radical (unpaired) electrons. The van der Waals surface area contributed by atoms with Gasteiger partial charge >= 0.3 is 6.01 Å². The number of rotatable bonds is 6. The molecule has 13 heteroatoms. The van der Waals surface area contributed by atoms with Crippen LogP contribution in [0.1, 0.15) is 61.8 Å². The Morgan fingerprint density at radius 1 is 1.13 bits per heavy atom. The molecule has 2 bridgehead atoms. The number of anilines is 1. The van der Waals surface area contributed by atoms with Gasteiger partial charge < -0.3 is 9.64 Å². The van der Waals surface area contributed by atoms with Gasteiger partial charge in [0.25, 0.3) is 6.43 Å². The number of halogens is 5. The van der Waals surface area contributed by atoms with Crippen molar-refractivity contribution < 1.29 is 26.7 Å². The molecule has 0 spiro atoms. The Labute approximate surface area is 261 Å². The van der Waals surface area contributed by atoms with Gasteiger partial charge in [-0.05, 0) is 75.1 Å². The number of ether oxygens (including phenoxy) is 1. The maximum atomic E-state index is 16.9. The van der Waals surface area contributed by atoms with E-state index < -0.39 is 46.5 Å². The van der Waals surface area contributed by atoms with Crippen molar-refractivity contribution in [2.75, 3.05) is 37.7 Å². The molecule has 2 aromatic carbocycles. The second-order valence-corrected chi connectivity index (χ2v) is 13.5. The van der Waals surface area contributed by atoms with E-state index in [1.807, 2.05) is 11.0 Å². The van der Waals surface area contributed by atoms with Crippen LogP contribution in [0, 0.1) is 41.7 Å². The summed E-state index contributed by atoms with van der Waals surface area (Å²) in [6.07, 6.45) is 1.12. The van der Waals surface area contributed by atoms with E-state index in [9.17, 15) is 18.4 Å². The fourth-order valence-corrected chi connectivity index (χ4v) is 8.68. The van der Waals surface area contributed by atoms with E-state index in [4.69, 9.17) is 9.72 Å². The predicted molar refractivity (Wildman–Crippen MR) is 161 cm³/mol. The summed E-state index contributed by atoms with van der Waals surface area (Å²) in [5.74, 6) is -1.07. The summed E-state index contributed by atoms with van der Waals surface area (Å²) in [7, 11) is 0. The van der Waals surface area contributed by atoms with Crippen molar-refractivity contribution >= 4 is 27.6 Å². The fourth-order valence-electron chi connectivity index (χ4n) is 8.68. The lowest BCUT2D eigenvalue weighted by Crippen LogP contribution is -2.43. The highest BCUT2D eigenvalue weighted by Crippen LogP contribution is 2.46. The summed E-state index contributed by atoms with van der Waals surface area (Å²) in [6.45, 7) is 3.93. The number of nitriles is 1. The van der Waals surface area contributed by atoms with E-state index in [2.05, 4.69) is 20.1 Å². The number of aromatic amines is 1. The number of fused-ring (bicyclic) bond motifs is 5. The molecule has 4 aromatic rings. The molecule has 0 amide bonds. The van der Waals surface area contributed by atoms with Crippen molar-refractivity contribution in [1.29, 1.82) is 5.26 Å². The first-order valence-electron chi connectivity index (χ1n) is 15.8. The highest BCUT2D eigenvalue weighted by molar-refractivity contribution is 6.03. The van der Waals surface area contributed by atoms with Gasteiger partial charge in [0.15, 0.2) is 11.5 Å². The molecule has 240 valence electrons. The first-order valence-corrected chi connectivity index (χ1v) is 15.8. The minimum Gasteiger partial charge on any atom is -0.461 e. The number of piperidine rings is 1. The lowest BCUT2D eigenvalue weighted by molar-refractivity contribution is 0.107. The smallest absolute Gasteiger partial charge is 0.319 e. The van der Waals surface area contributed by atoms with Gasteiger partial charge in [0.2, 0.25) is 0 Å². The average molecular weight is 638 g/mol. The number of aryl methyl sites for hydroxylation is 1. The molecule has 1 N–H and O–H groups in total. The SMILES string of the molecule is Cc1cc2[nH]nc(C#N)c2c(-c2c(F)cc3c(N4CC5CCC(C5)C4)nc(OC[C@@]45CCCN4C[C@H](F)C5)nc3c2F)c1C(F)F. The monoisotopic (exact) mass is 637 g/mol. The molecule has 4 aliphatic rings. The Balaban J connectivity index is 1.32. The fraction of sp³-hybridized carbons (Fsp3) is 0.515. The van der Waals surface area contributed by atoms with Crippen LogP contribution in [-0.4, -0.2) is 69.6 Å². The predicted octanol–water partition coefficient (Wildman–Crippen LogP) is 6.76. The van der Waals surface area contributed by atoms with Gasteiger partial charge in [-0.25, -0.2) is 22.0 Å². The van der Waals surface area contributed by atoms with Crippen LogP contribution in [0.2, 0.25) is 0 Å². The van der Waals surface area contributed by atoms with E-state index >= 15 is 8.78 Å². The molecule has 1 saturated carbocycles. The molecular formula is C33H32F5N7O. The largest absolute Gasteiger partial charge is 0.461 e. The number of hydrogen-bond acceptors (Lipinski definition) is 7. The van der Waals surface area contributed by atoms with E-state index in [0.29, 0.717) is 43.7 Å². The molecule has 4 atom stereocenters. The number of nitrogens with zero attached hydrogens (tertiary/aromatic N) is 6. The first-order chi connectivity index (χ1) is 22.2. The summed E-state index contributed by atoms with van der Waals surface area (Å²) in [5, 5.41) is 16.3. The van der Waals surface area contributed by atoms with Crippen molar-refractivity contribution in [2.24, 2.45) is 11.8 Å². The summed E-state index contributed by atoms with van der Waals surface area (Å²) >= 11 is 0. The van der Waals surface area contributed by atoms with Gasteiger partial charge in [-0.3, -0.25) is 10.00 Å². The number of alkyl halides is 3. The molecule has 3 saturated heterocycles. The van der Waals surface area contributed by atoms with Crippen LogP contribution >= 0.6 is 0 Å². The van der Waals surface area contributed by atoms with Gasteiger partial charge in [-0.1, -0.05) is 0 Å². The van der Waals surface area contributed by atoms with Gasteiger partial charge in [-0.2, -0.15) is 20.3 Å². The third kappa shape index (κ3) is 4.51. The molecular weight excluding hydrogens is 605 g/mol. The average Bonchev–Trinajstić information content (AvgIpc) is 3.77. The summed E-state index contributed by atoms with van der Waals surface area (Å²) in [4.78, 5) is 13.2.